The van der Waals surface area contributed by atoms with E-state index in [0.29, 0.717) is 10.0 Å². The van der Waals surface area contributed by atoms with Gasteiger partial charge in [-0.1, -0.05) is 29.3 Å². The largest absolute Gasteiger partial charge is 0.323 e. The molecule has 0 atom stereocenters. The first-order valence-electron chi connectivity index (χ1n) is 2.92. The third kappa shape index (κ3) is 2.10. The highest BCUT2D eigenvalue weighted by molar-refractivity contribution is 6.42. The van der Waals surface area contributed by atoms with Crippen LogP contribution in [0.1, 0.15) is 5.56 Å². The summed E-state index contributed by atoms with van der Waals surface area (Å²) >= 11 is 11.4. The summed E-state index contributed by atoms with van der Waals surface area (Å²) in [4.78, 5) is 0. The molecular formula is C7H6Cl2N2. The van der Waals surface area contributed by atoms with Crippen LogP contribution in [0.15, 0.2) is 23.3 Å². The normalized spacial score (nSPS) is 10.7. The van der Waals surface area contributed by atoms with Gasteiger partial charge < -0.3 is 5.84 Å². The maximum atomic E-state index is 5.72. The van der Waals surface area contributed by atoms with Crippen molar-refractivity contribution in [1.29, 1.82) is 0 Å². The quantitative estimate of drug-likeness (QED) is 0.410. The van der Waals surface area contributed by atoms with Crippen molar-refractivity contribution in [3.05, 3.63) is 33.8 Å². The molecule has 1 aromatic carbocycles. The molecule has 0 amide bonds. The average molecular weight is 189 g/mol. The van der Waals surface area contributed by atoms with Gasteiger partial charge in [-0.15, -0.1) is 0 Å². The molecule has 0 aliphatic heterocycles. The van der Waals surface area contributed by atoms with Crippen LogP contribution in [0.2, 0.25) is 10.0 Å². The molecule has 0 radical (unpaired) electrons. The van der Waals surface area contributed by atoms with Crippen molar-refractivity contribution in [1.82, 2.24) is 0 Å². The Labute approximate surface area is 74.6 Å². The Morgan fingerprint density at radius 2 is 2.00 bits per heavy atom. The lowest BCUT2D eigenvalue weighted by Gasteiger charge is -1.95. The summed E-state index contributed by atoms with van der Waals surface area (Å²) in [5.41, 5.74) is 0.835. The second-order valence-corrected chi connectivity index (χ2v) is 2.77. The molecule has 0 unspecified atom stereocenters. The van der Waals surface area contributed by atoms with E-state index in [-0.39, 0.29) is 0 Å². The summed E-state index contributed by atoms with van der Waals surface area (Å²) in [5.74, 6) is 4.94. The van der Waals surface area contributed by atoms with Gasteiger partial charge in [0.1, 0.15) is 0 Å². The van der Waals surface area contributed by atoms with Crippen molar-refractivity contribution >= 4 is 29.4 Å². The van der Waals surface area contributed by atoms with Crippen molar-refractivity contribution in [3.8, 4) is 0 Å². The predicted molar refractivity (Wildman–Crippen MR) is 48.2 cm³/mol. The molecule has 0 bridgehead atoms. The minimum atomic E-state index is 0.504. The number of rotatable bonds is 1. The van der Waals surface area contributed by atoms with Crippen molar-refractivity contribution in [3.63, 3.8) is 0 Å². The highest BCUT2D eigenvalue weighted by atomic mass is 35.5. The average Bonchev–Trinajstić information content (AvgIpc) is 1.98. The van der Waals surface area contributed by atoms with Crippen LogP contribution in [0.5, 0.6) is 0 Å². The van der Waals surface area contributed by atoms with Crippen molar-refractivity contribution < 1.29 is 0 Å². The van der Waals surface area contributed by atoms with Gasteiger partial charge in [-0.25, -0.2) is 0 Å². The fourth-order valence-corrected chi connectivity index (χ4v) is 0.985. The molecular weight excluding hydrogens is 183 g/mol. The summed E-state index contributed by atoms with van der Waals surface area (Å²) < 4.78 is 0. The fraction of sp³-hybridized carbons (Fsp3) is 0. The first-order valence-corrected chi connectivity index (χ1v) is 3.68. The zero-order valence-corrected chi connectivity index (χ0v) is 7.10. The van der Waals surface area contributed by atoms with Gasteiger partial charge in [0.15, 0.2) is 0 Å². The predicted octanol–water partition coefficient (Wildman–Crippen LogP) is 2.29. The molecule has 0 heterocycles. The Hall–Kier alpha value is -0.730. The molecule has 0 saturated heterocycles. The molecule has 2 N–H and O–H groups in total. The number of nitrogens with two attached hydrogens (primary N) is 1. The first kappa shape index (κ1) is 8.37. The van der Waals surface area contributed by atoms with Crippen LogP contribution in [-0.2, 0) is 0 Å². The summed E-state index contributed by atoms with van der Waals surface area (Å²) in [6.45, 7) is 0. The summed E-state index contributed by atoms with van der Waals surface area (Å²) in [5, 5.41) is 4.38. The molecule has 0 spiro atoms. The second kappa shape index (κ2) is 3.60. The molecule has 11 heavy (non-hydrogen) atoms. The molecule has 58 valence electrons. The van der Waals surface area contributed by atoms with Crippen LogP contribution in [0, 0.1) is 0 Å². The van der Waals surface area contributed by atoms with Crippen LogP contribution in [0.3, 0.4) is 0 Å². The highest BCUT2D eigenvalue weighted by Gasteiger charge is 1.96. The Morgan fingerprint density at radius 1 is 1.27 bits per heavy atom. The van der Waals surface area contributed by atoms with Crippen LogP contribution in [0.25, 0.3) is 0 Å². The maximum Gasteiger partial charge on any atom is 0.0598 e. The van der Waals surface area contributed by atoms with Crippen molar-refractivity contribution in [2.45, 2.75) is 0 Å². The lowest BCUT2D eigenvalue weighted by molar-refractivity contribution is 1.26. The van der Waals surface area contributed by atoms with E-state index in [1.54, 1.807) is 18.2 Å². The molecule has 4 heteroatoms. The summed E-state index contributed by atoms with van der Waals surface area (Å²) in [6, 6.07) is 5.17. The molecule has 2 nitrogen and oxygen atoms in total. The van der Waals surface area contributed by atoms with Crippen LogP contribution in [-0.4, -0.2) is 6.21 Å². The van der Waals surface area contributed by atoms with Crippen LogP contribution < -0.4 is 5.84 Å². The molecule has 0 saturated carbocycles. The summed E-state index contributed by atoms with van der Waals surface area (Å²) in [7, 11) is 0. The second-order valence-electron chi connectivity index (χ2n) is 1.95. The number of hydrogen-bond donors (Lipinski definition) is 1. The Bertz CT molecular complexity index is 284. The van der Waals surface area contributed by atoms with Gasteiger partial charge in [0.25, 0.3) is 0 Å². The molecule has 1 rings (SSSR count). The molecule has 1 aromatic rings. The molecule has 0 aliphatic carbocycles. The highest BCUT2D eigenvalue weighted by Crippen LogP contribution is 2.21. The van der Waals surface area contributed by atoms with Gasteiger partial charge in [0, 0.05) is 0 Å². The van der Waals surface area contributed by atoms with Gasteiger partial charge in [-0.05, 0) is 17.7 Å². The molecule has 0 fully saturated rings. The zero-order valence-electron chi connectivity index (χ0n) is 5.59. The van der Waals surface area contributed by atoms with Gasteiger partial charge in [-0.3, -0.25) is 0 Å². The Kier molecular flexibility index (Phi) is 2.74. The van der Waals surface area contributed by atoms with Gasteiger partial charge in [0.2, 0.25) is 0 Å². The fourth-order valence-electron chi connectivity index (χ4n) is 0.679. The smallest absolute Gasteiger partial charge is 0.0598 e. The first-order chi connectivity index (χ1) is 5.24. The summed E-state index contributed by atoms with van der Waals surface area (Å²) in [6.07, 6.45) is 1.50. The Morgan fingerprint density at radius 3 is 2.55 bits per heavy atom. The number of benzene rings is 1. The van der Waals surface area contributed by atoms with Crippen molar-refractivity contribution in [2.75, 3.05) is 0 Å². The number of hydrazone groups is 1. The van der Waals surface area contributed by atoms with E-state index in [9.17, 15) is 0 Å². The molecule has 0 aliphatic rings. The van der Waals surface area contributed by atoms with Gasteiger partial charge in [0.05, 0.1) is 16.3 Å². The van der Waals surface area contributed by atoms with E-state index in [1.165, 1.54) is 6.21 Å². The third-order valence-corrected chi connectivity index (χ3v) is 1.91. The standard InChI is InChI=1S/C7H6Cl2N2/c8-6-2-1-5(4-11-10)3-7(6)9/h1-4H,10H2. The van der Waals surface area contributed by atoms with E-state index in [4.69, 9.17) is 29.0 Å². The van der Waals surface area contributed by atoms with Gasteiger partial charge >= 0.3 is 0 Å². The number of nitrogens with zero attached hydrogens (tertiary/aromatic N) is 1. The maximum absolute atomic E-state index is 5.72. The van der Waals surface area contributed by atoms with E-state index in [2.05, 4.69) is 5.10 Å². The lowest BCUT2D eigenvalue weighted by Crippen LogP contribution is -1.85. The monoisotopic (exact) mass is 188 g/mol. The third-order valence-electron chi connectivity index (χ3n) is 1.17. The van der Waals surface area contributed by atoms with E-state index >= 15 is 0 Å². The zero-order chi connectivity index (χ0) is 8.27. The number of halogens is 2. The van der Waals surface area contributed by atoms with Crippen LogP contribution in [0.4, 0.5) is 0 Å². The minimum Gasteiger partial charge on any atom is -0.323 e. The van der Waals surface area contributed by atoms with Gasteiger partial charge in [-0.2, -0.15) is 5.10 Å². The van der Waals surface area contributed by atoms with Crippen molar-refractivity contribution in [2.24, 2.45) is 10.9 Å². The van der Waals surface area contributed by atoms with E-state index in [1.807, 2.05) is 0 Å². The number of hydrogen-bond acceptors (Lipinski definition) is 2. The Balaban J connectivity index is 3.05. The topological polar surface area (TPSA) is 38.4 Å². The molecule has 0 aromatic heterocycles. The minimum absolute atomic E-state index is 0.504. The van der Waals surface area contributed by atoms with E-state index < -0.39 is 0 Å². The lowest BCUT2D eigenvalue weighted by atomic mass is 10.2. The SMILES string of the molecule is NN=Cc1ccc(Cl)c(Cl)c1. The van der Waals surface area contributed by atoms with Crippen LogP contribution >= 0.6 is 23.2 Å². The van der Waals surface area contributed by atoms with E-state index in [0.717, 1.165) is 5.56 Å².